The predicted octanol–water partition coefficient (Wildman–Crippen LogP) is 2.68. The van der Waals surface area contributed by atoms with E-state index in [0.29, 0.717) is 4.90 Å². The number of aryl methyl sites for hydroxylation is 1. The van der Waals surface area contributed by atoms with Gasteiger partial charge in [0.15, 0.2) is 9.84 Å². The van der Waals surface area contributed by atoms with Crippen LogP contribution in [0.2, 0.25) is 0 Å². The highest BCUT2D eigenvalue weighted by Crippen LogP contribution is 2.24. The minimum Gasteiger partial charge on any atom is -0.354 e. The highest BCUT2D eigenvalue weighted by Gasteiger charge is 2.12. The first-order chi connectivity index (χ1) is 10.3. The van der Waals surface area contributed by atoms with Gasteiger partial charge in [-0.3, -0.25) is 0 Å². The summed E-state index contributed by atoms with van der Waals surface area (Å²) in [7, 11) is -3.16. The first-order valence-electron chi connectivity index (χ1n) is 6.72. The molecule has 1 N–H and O–H groups in total. The maximum atomic E-state index is 11.5. The molecule has 2 aromatic heterocycles. The van der Waals surface area contributed by atoms with E-state index in [2.05, 4.69) is 15.4 Å². The molecule has 1 atom stereocenters. The van der Waals surface area contributed by atoms with E-state index >= 15 is 0 Å². The van der Waals surface area contributed by atoms with E-state index in [9.17, 15) is 8.42 Å². The molecule has 0 aliphatic rings. The van der Waals surface area contributed by atoms with Crippen molar-refractivity contribution < 1.29 is 8.42 Å². The molecular formula is C14H16N4O2S2. The zero-order valence-electron chi connectivity index (χ0n) is 12.4. The molecule has 0 amide bonds. The van der Waals surface area contributed by atoms with Gasteiger partial charge in [-0.05, 0) is 31.5 Å². The van der Waals surface area contributed by atoms with Crippen molar-refractivity contribution in [1.82, 2.24) is 14.6 Å². The van der Waals surface area contributed by atoms with Crippen molar-refractivity contribution in [3.05, 3.63) is 41.7 Å². The molecule has 0 aliphatic carbocycles. The molecule has 116 valence electrons. The van der Waals surface area contributed by atoms with Crippen LogP contribution in [-0.4, -0.2) is 29.3 Å². The highest BCUT2D eigenvalue weighted by molar-refractivity contribution is 7.90. The SMILES string of the molecule is Cc1cn2nc(NC(C)c3ccc(S(C)(=O)=O)cc3)sc2n1. The molecule has 3 rings (SSSR count). The van der Waals surface area contributed by atoms with E-state index in [1.54, 1.807) is 16.6 Å². The Bertz CT molecular complexity index is 879. The lowest BCUT2D eigenvalue weighted by molar-refractivity contribution is 0.602. The van der Waals surface area contributed by atoms with Crippen LogP contribution < -0.4 is 5.32 Å². The summed E-state index contributed by atoms with van der Waals surface area (Å²) in [5, 5.41) is 8.51. The maximum absolute atomic E-state index is 11.5. The van der Waals surface area contributed by atoms with E-state index in [0.717, 1.165) is 21.3 Å². The number of nitrogens with zero attached hydrogens (tertiary/aromatic N) is 3. The van der Waals surface area contributed by atoms with Gasteiger partial charge in [0.1, 0.15) is 0 Å². The van der Waals surface area contributed by atoms with Gasteiger partial charge in [-0.15, -0.1) is 5.10 Å². The largest absolute Gasteiger partial charge is 0.354 e. The van der Waals surface area contributed by atoms with Crippen LogP contribution >= 0.6 is 11.3 Å². The lowest BCUT2D eigenvalue weighted by atomic mass is 10.1. The molecule has 3 aromatic rings. The van der Waals surface area contributed by atoms with Crippen molar-refractivity contribution >= 4 is 31.3 Å². The lowest BCUT2D eigenvalue weighted by Gasteiger charge is -2.13. The average Bonchev–Trinajstić information content (AvgIpc) is 2.94. The lowest BCUT2D eigenvalue weighted by Crippen LogP contribution is -2.07. The molecule has 22 heavy (non-hydrogen) atoms. The number of nitrogens with one attached hydrogen (secondary N) is 1. The summed E-state index contributed by atoms with van der Waals surface area (Å²) >= 11 is 1.48. The van der Waals surface area contributed by atoms with Crippen molar-refractivity contribution in [2.24, 2.45) is 0 Å². The highest BCUT2D eigenvalue weighted by atomic mass is 32.2. The van der Waals surface area contributed by atoms with Gasteiger partial charge in [0.05, 0.1) is 22.8 Å². The Morgan fingerprint density at radius 1 is 1.27 bits per heavy atom. The van der Waals surface area contributed by atoms with Gasteiger partial charge in [0.25, 0.3) is 0 Å². The fourth-order valence-corrected chi connectivity index (χ4v) is 3.68. The summed E-state index contributed by atoms with van der Waals surface area (Å²) in [5.74, 6) is 0. The second kappa shape index (κ2) is 5.36. The third-order valence-corrected chi connectivity index (χ3v) is 5.29. The monoisotopic (exact) mass is 336 g/mol. The third-order valence-electron chi connectivity index (χ3n) is 3.31. The van der Waals surface area contributed by atoms with Crippen LogP contribution in [0.25, 0.3) is 4.96 Å². The Balaban J connectivity index is 1.78. The van der Waals surface area contributed by atoms with Crippen LogP contribution in [0.5, 0.6) is 0 Å². The van der Waals surface area contributed by atoms with Crippen LogP contribution in [0.15, 0.2) is 35.4 Å². The second-order valence-corrected chi connectivity index (χ2v) is 8.20. The number of sulfone groups is 1. The molecule has 0 bridgehead atoms. The summed E-state index contributed by atoms with van der Waals surface area (Å²) in [6.07, 6.45) is 3.08. The molecule has 0 aliphatic heterocycles. The summed E-state index contributed by atoms with van der Waals surface area (Å²) in [5.41, 5.74) is 1.94. The molecule has 8 heteroatoms. The Kier molecular flexibility index (Phi) is 3.65. The van der Waals surface area contributed by atoms with E-state index in [1.807, 2.05) is 32.2 Å². The quantitative estimate of drug-likeness (QED) is 0.793. The zero-order valence-corrected chi connectivity index (χ0v) is 14.1. The number of hydrogen-bond acceptors (Lipinski definition) is 6. The molecule has 0 saturated carbocycles. The Morgan fingerprint density at radius 2 is 1.95 bits per heavy atom. The number of fused-ring (bicyclic) bond motifs is 1. The van der Waals surface area contributed by atoms with Gasteiger partial charge >= 0.3 is 0 Å². The van der Waals surface area contributed by atoms with Crippen LogP contribution in [0, 0.1) is 6.92 Å². The van der Waals surface area contributed by atoms with E-state index in [4.69, 9.17) is 0 Å². The van der Waals surface area contributed by atoms with Crippen molar-refractivity contribution in [2.45, 2.75) is 24.8 Å². The number of rotatable bonds is 4. The standard InChI is InChI=1S/C14H16N4O2S2/c1-9-8-18-14(15-9)21-13(17-18)16-10(2)11-4-6-12(7-5-11)22(3,19)20/h4-8,10H,1-3H3,(H,16,17). The molecule has 0 fully saturated rings. The van der Waals surface area contributed by atoms with E-state index < -0.39 is 9.84 Å². The van der Waals surface area contributed by atoms with Crippen molar-refractivity contribution in [3.8, 4) is 0 Å². The topological polar surface area (TPSA) is 76.4 Å². The van der Waals surface area contributed by atoms with Gasteiger partial charge in [-0.2, -0.15) is 0 Å². The Morgan fingerprint density at radius 3 is 2.55 bits per heavy atom. The third kappa shape index (κ3) is 2.97. The average molecular weight is 336 g/mol. The molecule has 2 heterocycles. The summed E-state index contributed by atoms with van der Waals surface area (Å²) in [4.78, 5) is 5.54. The minimum absolute atomic E-state index is 0.0190. The first-order valence-corrected chi connectivity index (χ1v) is 9.43. The van der Waals surface area contributed by atoms with Crippen LogP contribution in [0.3, 0.4) is 0 Å². The van der Waals surface area contributed by atoms with Crippen molar-refractivity contribution in [1.29, 1.82) is 0 Å². The Hall–Kier alpha value is -1.93. The zero-order chi connectivity index (χ0) is 15.9. The number of aromatic nitrogens is 3. The summed E-state index contributed by atoms with van der Waals surface area (Å²) in [6, 6.07) is 6.90. The van der Waals surface area contributed by atoms with Crippen molar-refractivity contribution in [3.63, 3.8) is 0 Å². The first kappa shape index (κ1) is 15.0. The molecule has 0 radical (unpaired) electrons. The van der Waals surface area contributed by atoms with Gasteiger partial charge in [-0.1, -0.05) is 23.5 Å². The molecule has 1 aromatic carbocycles. The fourth-order valence-electron chi connectivity index (χ4n) is 2.14. The number of anilines is 1. The summed E-state index contributed by atoms with van der Waals surface area (Å²) < 4.78 is 24.7. The van der Waals surface area contributed by atoms with Gasteiger partial charge in [0, 0.05) is 6.26 Å². The number of hydrogen-bond donors (Lipinski definition) is 1. The van der Waals surface area contributed by atoms with E-state index in [1.165, 1.54) is 17.6 Å². The van der Waals surface area contributed by atoms with Gasteiger partial charge < -0.3 is 5.32 Å². The summed E-state index contributed by atoms with van der Waals surface area (Å²) in [6.45, 7) is 3.94. The smallest absolute Gasteiger partial charge is 0.214 e. The van der Waals surface area contributed by atoms with Crippen LogP contribution in [-0.2, 0) is 9.84 Å². The van der Waals surface area contributed by atoms with E-state index in [-0.39, 0.29) is 6.04 Å². The molecule has 1 unspecified atom stereocenters. The van der Waals surface area contributed by atoms with Gasteiger partial charge in [0.2, 0.25) is 10.1 Å². The van der Waals surface area contributed by atoms with Crippen LogP contribution in [0.1, 0.15) is 24.2 Å². The Labute approximate surface area is 132 Å². The normalized spacial score (nSPS) is 13.4. The van der Waals surface area contributed by atoms with Crippen molar-refractivity contribution in [2.75, 3.05) is 11.6 Å². The molecule has 0 saturated heterocycles. The fraction of sp³-hybridized carbons (Fsp3) is 0.286. The molecule has 6 nitrogen and oxygen atoms in total. The number of imidazole rings is 1. The van der Waals surface area contributed by atoms with Gasteiger partial charge in [-0.25, -0.2) is 17.9 Å². The second-order valence-electron chi connectivity index (χ2n) is 5.22. The maximum Gasteiger partial charge on any atom is 0.214 e. The minimum atomic E-state index is -3.16. The number of benzene rings is 1. The molecule has 0 spiro atoms. The predicted molar refractivity (Wildman–Crippen MR) is 87.2 cm³/mol. The van der Waals surface area contributed by atoms with Crippen LogP contribution in [0.4, 0.5) is 5.13 Å². The molecular weight excluding hydrogens is 320 g/mol.